The number of aryl methyl sites for hydroxylation is 2. The first-order valence-corrected chi connectivity index (χ1v) is 29.0. The molecule has 434 valence electrons. The van der Waals surface area contributed by atoms with Crippen LogP contribution in [0.5, 0.6) is 46.0 Å². The average molecular weight is 1130 g/mol. The molecule has 2 atom stereocenters. The van der Waals surface area contributed by atoms with Crippen molar-refractivity contribution in [1.29, 1.82) is 0 Å². The smallest absolute Gasteiger partial charge is 0.343 e. The largest absolute Gasteiger partial charge is 0.488 e. The van der Waals surface area contributed by atoms with E-state index in [0.29, 0.717) is 68.9 Å². The summed E-state index contributed by atoms with van der Waals surface area (Å²) in [5.41, 5.74) is 5.61. The number of hydrogen-bond acceptors (Lipinski definition) is 10. The van der Waals surface area contributed by atoms with Gasteiger partial charge in [-0.15, -0.1) is 0 Å². The second-order valence-electron chi connectivity index (χ2n) is 23.7. The van der Waals surface area contributed by atoms with Crippen LogP contribution in [0.4, 0.5) is 0 Å². The first kappa shape index (κ1) is 61.3. The van der Waals surface area contributed by atoms with E-state index >= 15 is 0 Å². The van der Waals surface area contributed by atoms with E-state index in [1.54, 1.807) is 109 Å². The monoisotopic (exact) mass is 1130 g/mol. The van der Waals surface area contributed by atoms with Crippen molar-refractivity contribution in [3.8, 4) is 46.0 Å². The minimum Gasteiger partial charge on any atom is -0.488 e. The number of carbonyl (C=O) groups is 4. The van der Waals surface area contributed by atoms with Crippen molar-refractivity contribution in [3.05, 3.63) is 238 Å². The summed E-state index contributed by atoms with van der Waals surface area (Å²) in [5.74, 6) is 3.74. The molecule has 8 rings (SSSR count). The minimum atomic E-state index is -0.907. The second-order valence-corrected chi connectivity index (χ2v) is 23.7. The summed E-state index contributed by atoms with van der Waals surface area (Å²) in [6.45, 7) is 26.1. The Kier molecular flexibility index (Phi) is 18.8. The Morgan fingerprint density at radius 2 is 0.798 bits per heavy atom. The van der Waals surface area contributed by atoms with Gasteiger partial charge in [0.1, 0.15) is 57.2 Å². The zero-order valence-corrected chi connectivity index (χ0v) is 50.8. The Bertz CT molecular complexity index is 3590. The molecule has 0 amide bonds. The topological polar surface area (TPSA) is 124 Å². The zero-order chi connectivity index (χ0) is 60.6. The molecule has 0 bridgehead atoms. The highest BCUT2D eigenvalue weighted by Crippen LogP contribution is 2.43. The molecule has 0 radical (unpaired) electrons. The molecule has 8 aromatic carbocycles. The Morgan fingerprint density at radius 1 is 0.405 bits per heavy atom. The molecule has 8 aromatic rings. The standard InChI is InChI=1S/C74H78O10/c1-14-71(7,8)67(75)53-21-35-59(36-22-53)79-62-41-27-56(28-42-62)70(78)82-65-43-29-57(45-48(65)4)50(6)58-30-44-66(49(5)46-58)84-73(11,12)74(13,16-3)68(76)54-23-37-60(38-24-54)80-61-39-25-55(26-40-61)69(77)81-63-31-17-51(18-32-63)47-52-19-33-64(34-20-52)83-72(9,10)15-2/h17-46,50H,14-16,47H2,1-13H3. The molecule has 10 heteroatoms. The molecule has 0 saturated carbocycles. The van der Waals surface area contributed by atoms with Crippen LogP contribution in [-0.4, -0.2) is 34.7 Å². The van der Waals surface area contributed by atoms with E-state index in [-0.39, 0.29) is 23.1 Å². The summed E-state index contributed by atoms with van der Waals surface area (Å²) in [6.07, 6.45) is 2.92. The Hall–Kier alpha value is -8.76. The number of ketones is 2. The van der Waals surface area contributed by atoms with Gasteiger partial charge in [0, 0.05) is 22.5 Å². The molecular weight excluding hydrogens is 1050 g/mol. The summed E-state index contributed by atoms with van der Waals surface area (Å²) in [6, 6.07) is 55.3. The molecule has 0 spiro atoms. The van der Waals surface area contributed by atoms with Crippen LogP contribution in [0.25, 0.3) is 0 Å². The highest BCUT2D eigenvalue weighted by molar-refractivity contribution is 6.01. The summed E-state index contributed by atoms with van der Waals surface area (Å²) in [5, 5.41) is 0. The Morgan fingerprint density at radius 3 is 1.21 bits per heavy atom. The number of ether oxygens (including phenoxy) is 6. The molecule has 0 saturated heterocycles. The Labute approximate surface area is 496 Å². The van der Waals surface area contributed by atoms with E-state index in [1.165, 1.54) is 0 Å². The number of benzene rings is 8. The van der Waals surface area contributed by atoms with Gasteiger partial charge in [0.05, 0.1) is 16.5 Å². The van der Waals surface area contributed by atoms with E-state index in [2.05, 4.69) is 52.0 Å². The average Bonchev–Trinajstić information content (AvgIpc) is 3.68. The van der Waals surface area contributed by atoms with Crippen molar-refractivity contribution in [2.45, 2.75) is 133 Å². The lowest BCUT2D eigenvalue weighted by Crippen LogP contribution is -2.51. The van der Waals surface area contributed by atoms with Gasteiger partial charge >= 0.3 is 11.9 Å². The van der Waals surface area contributed by atoms with E-state index in [0.717, 1.165) is 58.4 Å². The van der Waals surface area contributed by atoms with Gasteiger partial charge in [-0.2, -0.15) is 0 Å². The lowest BCUT2D eigenvalue weighted by atomic mass is 9.68. The van der Waals surface area contributed by atoms with Crippen LogP contribution in [0, 0.1) is 24.7 Å². The first-order valence-electron chi connectivity index (χ1n) is 29.0. The van der Waals surface area contributed by atoms with E-state index in [4.69, 9.17) is 28.4 Å². The van der Waals surface area contributed by atoms with Crippen molar-refractivity contribution in [2.24, 2.45) is 10.8 Å². The van der Waals surface area contributed by atoms with Gasteiger partial charge in [0.2, 0.25) is 0 Å². The molecule has 0 aliphatic carbocycles. The number of carbonyl (C=O) groups excluding carboxylic acids is 4. The van der Waals surface area contributed by atoms with Gasteiger partial charge in [-0.3, -0.25) is 9.59 Å². The first-order chi connectivity index (χ1) is 39.9. The maximum Gasteiger partial charge on any atom is 0.343 e. The molecule has 10 nitrogen and oxygen atoms in total. The van der Waals surface area contributed by atoms with Crippen molar-refractivity contribution in [2.75, 3.05) is 0 Å². The molecule has 0 heterocycles. The lowest BCUT2D eigenvalue weighted by Gasteiger charge is -2.43. The third-order valence-electron chi connectivity index (χ3n) is 16.6. The van der Waals surface area contributed by atoms with Crippen LogP contribution in [0.2, 0.25) is 0 Å². The second kappa shape index (κ2) is 25.8. The molecular formula is C74H78O10. The zero-order valence-electron chi connectivity index (χ0n) is 50.8. The SMILES string of the molecule is CCC(C)(C)Oc1ccc(Cc2ccc(OC(=O)c3ccc(Oc4ccc(C(=O)C(C)(CC)C(C)(C)Oc5ccc(C(C)c6ccc(OC(=O)c7ccc(Oc8ccc(C(=O)C(C)(C)CC)cc8)cc7)c(C)c6)cc5C)cc4)cc3)cc2)cc1. The summed E-state index contributed by atoms with van der Waals surface area (Å²) < 4.78 is 36.6. The molecule has 84 heavy (non-hydrogen) atoms. The number of hydrogen-bond donors (Lipinski definition) is 0. The van der Waals surface area contributed by atoms with Crippen LogP contribution < -0.4 is 28.4 Å². The molecule has 0 aliphatic heterocycles. The quantitative estimate of drug-likeness (QED) is 0.0328. The van der Waals surface area contributed by atoms with Crippen LogP contribution in [-0.2, 0) is 6.42 Å². The fourth-order valence-electron chi connectivity index (χ4n) is 9.66. The molecule has 0 N–H and O–H groups in total. The maximum atomic E-state index is 14.5. The summed E-state index contributed by atoms with van der Waals surface area (Å²) in [7, 11) is 0. The third-order valence-corrected chi connectivity index (χ3v) is 16.6. The van der Waals surface area contributed by atoms with E-state index < -0.39 is 28.4 Å². The van der Waals surface area contributed by atoms with Crippen molar-refractivity contribution < 1.29 is 47.6 Å². The van der Waals surface area contributed by atoms with Gasteiger partial charge in [0.25, 0.3) is 0 Å². The predicted octanol–water partition coefficient (Wildman–Crippen LogP) is 18.7. The normalized spacial score (nSPS) is 12.8. The fraction of sp³-hybridized carbons (Fsp3) is 0.297. The third kappa shape index (κ3) is 14.7. The fourth-order valence-corrected chi connectivity index (χ4v) is 9.66. The molecule has 0 aliphatic rings. The molecule has 0 fully saturated rings. The highest BCUT2D eigenvalue weighted by Gasteiger charge is 2.48. The highest BCUT2D eigenvalue weighted by atomic mass is 16.5. The van der Waals surface area contributed by atoms with Crippen LogP contribution >= 0.6 is 0 Å². The van der Waals surface area contributed by atoms with Crippen molar-refractivity contribution >= 4 is 23.5 Å². The Balaban J connectivity index is 0.817. The maximum absolute atomic E-state index is 14.5. The van der Waals surface area contributed by atoms with E-state index in [1.807, 2.05) is 111 Å². The number of rotatable bonds is 24. The minimum absolute atomic E-state index is 0.00924. The lowest BCUT2D eigenvalue weighted by molar-refractivity contribution is -0.0118. The van der Waals surface area contributed by atoms with Gasteiger partial charge in [-0.1, -0.05) is 90.1 Å². The van der Waals surface area contributed by atoms with Crippen LogP contribution in [0.1, 0.15) is 176 Å². The summed E-state index contributed by atoms with van der Waals surface area (Å²) in [4.78, 5) is 53.7. The number of Topliss-reactive ketones (excluding diaryl/α,β-unsaturated/α-hetero) is 2. The summed E-state index contributed by atoms with van der Waals surface area (Å²) >= 11 is 0. The van der Waals surface area contributed by atoms with Gasteiger partial charge in [-0.05, 0) is 241 Å². The molecule has 0 aromatic heterocycles. The van der Waals surface area contributed by atoms with Gasteiger partial charge in [-0.25, -0.2) is 9.59 Å². The van der Waals surface area contributed by atoms with Gasteiger partial charge < -0.3 is 28.4 Å². The predicted molar refractivity (Wildman–Crippen MR) is 332 cm³/mol. The van der Waals surface area contributed by atoms with Crippen molar-refractivity contribution in [1.82, 2.24) is 0 Å². The van der Waals surface area contributed by atoms with Gasteiger partial charge in [0.15, 0.2) is 11.6 Å². The van der Waals surface area contributed by atoms with Crippen LogP contribution in [0.3, 0.4) is 0 Å². The van der Waals surface area contributed by atoms with Crippen LogP contribution in [0.15, 0.2) is 182 Å². The van der Waals surface area contributed by atoms with E-state index in [9.17, 15) is 19.2 Å². The van der Waals surface area contributed by atoms with Crippen molar-refractivity contribution in [3.63, 3.8) is 0 Å². The molecule has 2 unspecified atom stereocenters. The number of esters is 2.